The van der Waals surface area contributed by atoms with Gasteiger partial charge in [0.2, 0.25) is 0 Å². The average molecular weight is 272 g/mol. The Kier molecular flexibility index (Phi) is 11.6. The SMILES string of the molecule is NC(N)(O)COCCO.NC(N)(O)COCCO. The van der Waals surface area contributed by atoms with Crippen LogP contribution in [0.2, 0.25) is 0 Å². The molecule has 0 aliphatic heterocycles. The molecule has 0 aromatic heterocycles. The highest BCUT2D eigenvalue weighted by Gasteiger charge is 2.12. The molecule has 0 saturated carbocycles. The van der Waals surface area contributed by atoms with Crippen molar-refractivity contribution in [3.63, 3.8) is 0 Å². The van der Waals surface area contributed by atoms with Crippen molar-refractivity contribution in [2.45, 2.75) is 11.7 Å². The molecule has 18 heavy (non-hydrogen) atoms. The van der Waals surface area contributed by atoms with Crippen molar-refractivity contribution in [2.75, 3.05) is 39.6 Å². The number of ether oxygens (including phenoxy) is 2. The molecule has 0 aromatic rings. The van der Waals surface area contributed by atoms with Crippen LogP contribution in [0.3, 0.4) is 0 Å². The zero-order valence-corrected chi connectivity index (χ0v) is 10.2. The van der Waals surface area contributed by atoms with E-state index in [1.807, 2.05) is 0 Å². The van der Waals surface area contributed by atoms with Gasteiger partial charge in [0.05, 0.1) is 26.4 Å². The van der Waals surface area contributed by atoms with Crippen molar-refractivity contribution in [2.24, 2.45) is 22.9 Å². The van der Waals surface area contributed by atoms with Crippen LogP contribution in [0.5, 0.6) is 0 Å². The van der Waals surface area contributed by atoms with Gasteiger partial charge >= 0.3 is 0 Å². The molecule has 0 amide bonds. The van der Waals surface area contributed by atoms with E-state index in [-0.39, 0.29) is 39.6 Å². The lowest BCUT2D eigenvalue weighted by atomic mass is 10.5. The lowest BCUT2D eigenvalue weighted by Crippen LogP contribution is -2.53. The fraction of sp³-hybridized carbons (Fsp3) is 1.00. The Morgan fingerprint density at radius 2 is 1.00 bits per heavy atom. The minimum absolute atomic E-state index is 0.101. The van der Waals surface area contributed by atoms with Crippen LogP contribution in [-0.2, 0) is 9.47 Å². The summed E-state index contributed by atoms with van der Waals surface area (Å²) in [4.78, 5) is 0. The van der Waals surface area contributed by atoms with E-state index in [0.29, 0.717) is 0 Å². The van der Waals surface area contributed by atoms with Crippen LogP contribution in [0.4, 0.5) is 0 Å². The minimum Gasteiger partial charge on any atom is -0.394 e. The summed E-state index contributed by atoms with van der Waals surface area (Å²) in [6.45, 7) is -0.277. The second-order valence-electron chi connectivity index (χ2n) is 3.53. The molecule has 0 atom stereocenters. The Morgan fingerprint density at radius 1 is 0.722 bits per heavy atom. The van der Waals surface area contributed by atoms with Crippen LogP contribution in [0.1, 0.15) is 0 Å². The molecular weight excluding hydrogens is 248 g/mol. The molecule has 0 saturated heterocycles. The normalized spacial score (nSPS) is 12.0. The summed E-state index contributed by atoms with van der Waals surface area (Å²) in [5.74, 6) is -3.57. The third kappa shape index (κ3) is 24.7. The molecule has 0 fully saturated rings. The number of hydrogen-bond acceptors (Lipinski definition) is 10. The van der Waals surface area contributed by atoms with Gasteiger partial charge in [-0.05, 0) is 0 Å². The molecule has 0 rings (SSSR count). The van der Waals surface area contributed by atoms with Gasteiger partial charge in [-0.2, -0.15) is 0 Å². The van der Waals surface area contributed by atoms with Gasteiger partial charge < -0.3 is 29.9 Å². The Balaban J connectivity index is 0. The van der Waals surface area contributed by atoms with Crippen molar-refractivity contribution >= 4 is 0 Å². The minimum atomic E-state index is -1.78. The second-order valence-corrected chi connectivity index (χ2v) is 3.53. The lowest BCUT2D eigenvalue weighted by molar-refractivity contribution is -0.0449. The molecule has 10 heteroatoms. The molecule has 10 nitrogen and oxygen atoms in total. The zero-order chi connectivity index (χ0) is 14.7. The summed E-state index contributed by atoms with van der Waals surface area (Å²) in [5, 5.41) is 33.5. The van der Waals surface area contributed by atoms with Crippen LogP contribution >= 0.6 is 0 Å². The maximum absolute atomic E-state index is 8.59. The lowest BCUT2D eigenvalue weighted by Gasteiger charge is -2.15. The van der Waals surface area contributed by atoms with E-state index < -0.39 is 11.7 Å². The first kappa shape index (κ1) is 19.9. The van der Waals surface area contributed by atoms with Crippen molar-refractivity contribution in [3.8, 4) is 0 Å². The third-order valence-corrected chi connectivity index (χ3v) is 1.14. The van der Waals surface area contributed by atoms with Crippen molar-refractivity contribution in [3.05, 3.63) is 0 Å². The molecule has 0 aromatic carbocycles. The quantitative estimate of drug-likeness (QED) is 0.156. The van der Waals surface area contributed by atoms with E-state index in [0.717, 1.165) is 0 Å². The van der Waals surface area contributed by atoms with E-state index in [9.17, 15) is 0 Å². The molecular formula is C8H24N4O6. The molecule has 0 bridgehead atoms. The van der Waals surface area contributed by atoms with Gasteiger partial charge in [0.1, 0.15) is 13.2 Å². The van der Waals surface area contributed by atoms with Crippen molar-refractivity contribution in [1.82, 2.24) is 0 Å². The van der Waals surface area contributed by atoms with E-state index >= 15 is 0 Å². The van der Waals surface area contributed by atoms with E-state index in [2.05, 4.69) is 9.47 Å². The molecule has 0 unspecified atom stereocenters. The fourth-order valence-corrected chi connectivity index (χ4v) is 0.600. The van der Waals surface area contributed by atoms with Crippen LogP contribution in [0, 0.1) is 0 Å². The Hall–Kier alpha value is -0.400. The fourth-order valence-electron chi connectivity index (χ4n) is 0.600. The highest BCUT2D eigenvalue weighted by molar-refractivity contribution is 4.57. The van der Waals surface area contributed by atoms with Crippen molar-refractivity contribution < 1.29 is 29.9 Å². The van der Waals surface area contributed by atoms with Gasteiger partial charge in [-0.15, -0.1) is 0 Å². The van der Waals surface area contributed by atoms with Gasteiger partial charge in [-0.25, -0.2) is 0 Å². The Morgan fingerprint density at radius 3 is 1.17 bits per heavy atom. The van der Waals surface area contributed by atoms with Crippen LogP contribution < -0.4 is 22.9 Å². The summed E-state index contributed by atoms with van der Waals surface area (Å²) < 4.78 is 9.19. The van der Waals surface area contributed by atoms with Gasteiger partial charge in [0.15, 0.2) is 11.7 Å². The molecule has 0 aliphatic carbocycles. The van der Waals surface area contributed by atoms with E-state index in [1.165, 1.54) is 0 Å². The summed E-state index contributed by atoms with van der Waals surface area (Å²) >= 11 is 0. The largest absolute Gasteiger partial charge is 0.394 e. The van der Waals surface area contributed by atoms with Crippen LogP contribution in [0.25, 0.3) is 0 Å². The van der Waals surface area contributed by atoms with Gasteiger partial charge in [0.25, 0.3) is 0 Å². The van der Waals surface area contributed by atoms with Gasteiger partial charge in [-0.3, -0.25) is 22.9 Å². The van der Waals surface area contributed by atoms with E-state index in [1.54, 1.807) is 0 Å². The van der Waals surface area contributed by atoms with Crippen LogP contribution in [0.15, 0.2) is 0 Å². The monoisotopic (exact) mass is 272 g/mol. The average Bonchev–Trinajstić information content (AvgIpc) is 2.16. The number of nitrogens with two attached hydrogens (primary N) is 4. The molecule has 0 heterocycles. The smallest absolute Gasteiger partial charge is 0.191 e. The highest BCUT2D eigenvalue weighted by atomic mass is 16.5. The third-order valence-electron chi connectivity index (χ3n) is 1.14. The summed E-state index contributed by atoms with van der Waals surface area (Å²) in [6.07, 6.45) is 0. The number of aliphatic hydroxyl groups is 4. The van der Waals surface area contributed by atoms with Gasteiger partial charge in [0, 0.05) is 0 Å². The predicted octanol–water partition coefficient (Wildman–Crippen LogP) is -4.88. The summed E-state index contributed by atoms with van der Waals surface area (Å²) in [6, 6.07) is 0. The molecule has 112 valence electrons. The highest BCUT2D eigenvalue weighted by Crippen LogP contribution is 1.84. The first-order valence-electron chi connectivity index (χ1n) is 5.10. The predicted molar refractivity (Wildman–Crippen MR) is 62.5 cm³/mol. The maximum Gasteiger partial charge on any atom is 0.191 e. The number of aliphatic hydroxyl groups excluding tert-OH is 2. The zero-order valence-electron chi connectivity index (χ0n) is 10.2. The topological polar surface area (TPSA) is 203 Å². The van der Waals surface area contributed by atoms with Crippen LogP contribution in [-0.4, -0.2) is 71.8 Å². The standard InChI is InChI=1S/2C4H12N2O3/c2*5-4(6,8)3-9-2-1-7/h2*7-8H,1-3,5-6H2. The maximum atomic E-state index is 8.59. The number of hydrogen-bond donors (Lipinski definition) is 8. The van der Waals surface area contributed by atoms with Gasteiger partial charge in [-0.1, -0.05) is 0 Å². The first-order chi connectivity index (χ1) is 8.12. The molecule has 0 spiro atoms. The second kappa shape index (κ2) is 10.5. The molecule has 0 aliphatic rings. The van der Waals surface area contributed by atoms with Crippen molar-refractivity contribution in [1.29, 1.82) is 0 Å². The first-order valence-corrected chi connectivity index (χ1v) is 5.10. The van der Waals surface area contributed by atoms with E-state index in [4.69, 9.17) is 43.4 Å². The molecule has 0 radical (unpaired) electrons. The Bertz CT molecular complexity index is 161. The Labute approximate surface area is 105 Å². The summed E-state index contributed by atoms with van der Waals surface area (Å²) in [7, 11) is 0. The summed E-state index contributed by atoms with van der Waals surface area (Å²) in [5.41, 5.74) is 19.6. The molecule has 12 N–H and O–H groups in total. The number of rotatable bonds is 8.